The maximum atomic E-state index is 12.0. The first kappa shape index (κ1) is 22.7. The lowest BCUT2D eigenvalue weighted by Gasteiger charge is -2.12. The predicted octanol–water partition coefficient (Wildman–Crippen LogP) is 6.98. The third kappa shape index (κ3) is 6.03. The van der Waals surface area contributed by atoms with Gasteiger partial charge in [-0.2, -0.15) is 0 Å². The van der Waals surface area contributed by atoms with Crippen molar-refractivity contribution in [3.05, 3.63) is 63.8 Å². The van der Waals surface area contributed by atoms with Crippen LogP contribution in [0.25, 0.3) is 10.9 Å². The molecule has 0 atom stereocenters. The zero-order valence-corrected chi connectivity index (χ0v) is 19.2. The van der Waals surface area contributed by atoms with Crippen LogP contribution in [0.3, 0.4) is 0 Å². The number of carbonyl (C=O) groups excluding carboxylic acids is 1. The van der Waals surface area contributed by atoms with Crippen molar-refractivity contribution in [2.24, 2.45) is 0 Å². The molecule has 0 bridgehead atoms. The quantitative estimate of drug-likeness (QED) is 0.194. The number of benzene rings is 2. The Kier molecular flexibility index (Phi) is 8.25. The molecule has 0 aliphatic rings. The van der Waals surface area contributed by atoms with E-state index in [1.807, 2.05) is 11.8 Å². The number of carbonyl (C=O) groups is 1. The van der Waals surface area contributed by atoms with Gasteiger partial charge in [0.05, 0.1) is 29.6 Å². The number of esters is 1. The number of aryl methyl sites for hydroxylation is 1. The fourth-order valence-corrected chi connectivity index (χ4v) is 4.64. The summed E-state index contributed by atoms with van der Waals surface area (Å²) in [6.45, 7) is 2.63. The Balaban J connectivity index is 1.57. The Hall–Kier alpha value is -1.95. The molecule has 0 saturated heterocycles. The molecule has 0 amide bonds. The highest BCUT2D eigenvalue weighted by atomic mass is 35.5. The number of unbranched alkanes of at least 4 members (excludes halogenated alkanes) is 2. The topological polar surface area (TPSA) is 48.4 Å². The second-order valence-electron chi connectivity index (χ2n) is 6.85. The average molecular weight is 464 g/mol. The molecule has 0 saturated carbocycles. The number of hydrogen-bond donors (Lipinski definition) is 0. The molecule has 0 radical (unpaired) electrons. The fourth-order valence-electron chi connectivity index (χ4n) is 3.03. The SMILES string of the molecule is COC(=O)c1cc(OCCCCCSc2cccc(C)c2)c2c(Cl)cc(Cl)cc2n1. The predicted molar refractivity (Wildman–Crippen MR) is 124 cm³/mol. The largest absolute Gasteiger partial charge is 0.493 e. The van der Waals surface area contributed by atoms with Crippen LogP contribution in [-0.2, 0) is 4.74 Å². The van der Waals surface area contributed by atoms with E-state index in [1.54, 1.807) is 18.2 Å². The number of fused-ring (bicyclic) bond motifs is 1. The van der Waals surface area contributed by atoms with Gasteiger partial charge in [0.25, 0.3) is 0 Å². The van der Waals surface area contributed by atoms with Gasteiger partial charge in [-0.3, -0.25) is 0 Å². The van der Waals surface area contributed by atoms with Crippen molar-refractivity contribution in [3.8, 4) is 5.75 Å². The van der Waals surface area contributed by atoms with Gasteiger partial charge in [-0.05, 0) is 56.2 Å². The standard InChI is InChI=1S/C23H23Cl2NO3S/c1-15-7-6-8-17(11-15)30-10-5-3-4-9-29-21-14-20(23(27)28-2)26-19-13-16(24)12-18(25)22(19)21/h6-8,11-14H,3-5,9-10H2,1-2H3. The zero-order valence-electron chi connectivity index (χ0n) is 16.9. The molecular weight excluding hydrogens is 441 g/mol. The third-order valence-electron chi connectivity index (χ3n) is 4.49. The van der Waals surface area contributed by atoms with Gasteiger partial charge in [0.2, 0.25) is 0 Å². The van der Waals surface area contributed by atoms with Crippen LogP contribution < -0.4 is 4.74 Å². The van der Waals surface area contributed by atoms with Crippen LogP contribution in [0, 0.1) is 6.92 Å². The molecule has 0 spiro atoms. The summed E-state index contributed by atoms with van der Waals surface area (Å²) in [6.07, 6.45) is 3.05. The van der Waals surface area contributed by atoms with Gasteiger partial charge in [0, 0.05) is 16.0 Å². The first-order valence-corrected chi connectivity index (χ1v) is 11.4. The van der Waals surface area contributed by atoms with E-state index in [2.05, 4.69) is 36.2 Å². The summed E-state index contributed by atoms with van der Waals surface area (Å²) >= 11 is 14.3. The Labute approximate surface area is 190 Å². The molecule has 4 nitrogen and oxygen atoms in total. The van der Waals surface area contributed by atoms with Gasteiger partial charge in [-0.15, -0.1) is 11.8 Å². The van der Waals surface area contributed by atoms with E-state index in [-0.39, 0.29) is 5.69 Å². The molecule has 0 aliphatic carbocycles. The molecule has 0 N–H and O–H groups in total. The molecule has 3 rings (SSSR count). The van der Waals surface area contributed by atoms with Gasteiger partial charge in [0.15, 0.2) is 5.69 Å². The molecule has 1 aromatic heterocycles. The minimum Gasteiger partial charge on any atom is -0.493 e. The maximum Gasteiger partial charge on any atom is 0.356 e. The Morgan fingerprint density at radius 2 is 1.93 bits per heavy atom. The number of methoxy groups -OCH3 is 1. The molecule has 0 aliphatic heterocycles. The molecule has 158 valence electrons. The van der Waals surface area contributed by atoms with E-state index in [9.17, 15) is 4.79 Å². The summed E-state index contributed by atoms with van der Waals surface area (Å²) in [7, 11) is 1.31. The lowest BCUT2D eigenvalue weighted by molar-refractivity contribution is 0.0594. The van der Waals surface area contributed by atoms with Crippen LogP contribution in [0.4, 0.5) is 0 Å². The molecule has 30 heavy (non-hydrogen) atoms. The van der Waals surface area contributed by atoms with Crippen molar-refractivity contribution in [2.75, 3.05) is 19.5 Å². The lowest BCUT2D eigenvalue weighted by atomic mass is 10.1. The van der Waals surface area contributed by atoms with E-state index < -0.39 is 5.97 Å². The summed E-state index contributed by atoms with van der Waals surface area (Å²) in [5.74, 6) is 1.04. The Bertz CT molecular complexity index is 1040. The van der Waals surface area contributed by atoms with Gasteiger partial charge in [-0.1, -0.05) is 40.9 Å². The highest BCUT2D eigenvalue weighted by molar-refractivity contribution is 7.99. The highest BCUT2D eigenvalue weighted by Crippen LogP contribution is 2.35. The molecule has 0 fully saturated rings. The maximum absolute atomic E-state index is 12.0. The number of halogens is 2. The average Bonchev–Trinajstić information content (AvgIpc) is 2.71. The van der Waals surface area contributed by atoms with Gasteiger partial charge >= 0.3 is 5.97 Å². The second-order valence-corrected chi connectivity index (χ2v) is 8.87. The number of hydrogen-bond acceptors (Lipinski definition) is 5. The van der Waals surface area contributed by atoms with Crippen molar-refractivity contribution >= 4 is 51.8 Å². The normalized spacial score (nSPS) is 10.9. The van der Waals surface area contributed by atoms with Crippen LogP contribution in [0.2, 0.25) is 10.0 Å². The highest BCUT2D eigenvalue weighted by Gasteiger charge is 2.16. The summed E-state index contributed by atoms with van der Waals surface area (Å²) in [4.78, 5) is 17.6. The van der Waals surface area contributed by atoms with E-state index in [4.69, 9.17) is 32.7 Å². The first-order valence-electron chi connectivity index (χ1n) is 9.68. The summed E-state index contributed by atoms with van der Waals surface area (Å²) in [5, 5.41) is 1.52. The smallest absolute Gasteiger partial charge is 0.356 e. The van der Waals surface area contributed by atoms with Crippen LogP contribution in [0.5, 0.6) is 5.75 Å². The number of nitrogens with zero attached hydrogens (tertiary/aromatic N) is 1. The molecule has 1 heterocycles. The van der Waals surface area contributed by atoms with E-state index in [1.165, 1.54) is 17.6 Å². The zero-order chi connectivity index (χ0) is 21.5. The Morgan fingerprint density at radius 3 is 2.70 bits per heavy atom. The monoisotopic (exact) mass is 463 g/mol. The molecule has 3 aromatic rings. The van der Waals surface area contributed by atoms with E-state index in [0.717, 1.165) is 25.0 Å². The van der Waals surface area contributed by atoms with Crippen LogP contribution in [0.15, 0.2) is 47.4 Å². The first-order chi connectivity index (χ1) is 14.5. The number of thioether (sulfide) groups is 1. The van der Waals surface area contributed by atoms with E-state index >= 15 is 0 Å². The second kappa shape index (κ2) is 10.9. The number of rotatable bonds is 9. The van der Waals surface area contributed by atoms with Crippen LogP contribution >= 0.6 is 35.0 Å². The van der Waals surface area contributed by atoms with Gasteiger partial charge < -0.3 is 9.47 Å². The summed E-state index contributed by atoms with van der Waals surface area (Å²) < 4.78 is 10.8. The van der Waals surface area contributed by atoms with Crippen molar-refractivity contribution in [1.29, 1.82) is 0 Å². The van der Waals surface area contributed by atoms with Crippen molar-refractivity contribution < 1.29 is 14.3 Å². The van der Waals surface area contributed by atoms with Crippen molar-refractivity contribution in [3.63, 3.8) is 0 Å². The molecule has 2 aromatic carbocycles. The third-order valence-corrected chi connectivity index (χ3v) is 6.08. The fraction of sp³-hybridized carbons (Fsp3) is 0.304. The number of aromatic nitrogens is 1. The van der Waals surface area contributed by atoms with Crippen LogP contribution in [-0.4, -0.2) is 30.4 Å². The molecular formula is C23H23Cl2NO3S. The molecule has 0 unspecified atom stereocenters. The summed E-state index contributed by atoms with van der Waals surface area (Å²) in [5.41, 5.74) is 1.94. The van der Waals surface area contributed by atoms with Crippen LogP contribution in [0.1, 0.15) is 35.3 Å². The van der Waals surface area contributed by atoms with Gasteiger partial charge in [-0.25, -0.2) is 9.78 Å². The minimum atomic E-state index is -0.536. The number of pyridine rings is 1. The Morgan fingerprint density at radius 1 is 1.10 bits per heavy atom. The number of ether oxygens (including phenoxy) is 2. The summed E-state index contributed by atoms with van der Waals surface area (Å²) in [6, 6.07) is 13.4. The van der Waals surface area contributed by atoms with Crippen molar-refractivity contribution in [2.45, 2.75) is 31.1 Å². The van der Waals surface area contributed by atoms with Gasteiger partial charge in [0.1, 0.15) is 5.75 Å². The van der Waals surface area contributed by atoms with E-state index in [0.29, 0.717) is 33.3 Å². The van der Waals surface area contributed by atoms with Crippen molar-refractivity contribution in [1.82, 2.24) is 4.98 Å². The minimum absolute atomic E-state index is 0.160. The lowest BCUT2D eigenvalue weighted by Crippen LogP contribution is -2.06. The molecule has 7 heteroatoms.